The van der Waals surface area contributed by atoms with Gasteiger partial charge in [-0.05, 0) is 37.8 Å². The van der Waals surface area contributed by atoms with Gasteiger partial charge in [-0.2, -0.15) is 0 Å². The van der Waals surface area contributed by atoms with Gasteiger partial charge in [0.2, 0.25) is 5.91 Å². The van der Waals surface area contributed by atoms with Gasteiger partial charge >= 0.3 is 0 Å². The van der Waals surface area contributed by atoms with Crippen molar-refractivity contribution in [2.45, 2.75) is 31.8 Å². The SMILES string of the molecule is O=C(Nc1c(Cl)cccc1Cl)C1CCN(C(=O)C2CCCO2)CC1. The fourth-order valence-electron chi connectivity index (χ4n) is 3.18. The third-order valence-electron chi connectivity index (χ3n) is 4.59. The summed E-state index contributed by atoms with van der Waals surface area (Å²) in [4.78, 5) is 26.6. The molecule has 2 saturated heterocycles. The second-order valence-electron chi connectivity index (χ2n) is 6.19. The normalized spacial score (nSPS) is 21.8. The van der Waals surface area contributed by atoms with E-state index in [0.717, 1.165) is 12.8 Å². The Morgan fingerprint density at radius 2 is 1.79 bits per heavy atom. The number of benzene rings is 1. The Morgan fingerprint density at radius 3 is 2.38 bits per heavy atom. The molecular weight excluding hydrogens is 351 g/mol. The lowest BCUT2D eigenvalue weighted by Gasteiger charge is -2.32. The number of nitrogens with zero attached hydrogens (tertiary/aromatic N) is 1. The van der Waals surface area contributed by atoms with Crippen molar-refractivity contribution in [2.24, 2.45) is 5.92 Å². The van der Waals surface area contributed by atoms with Crippen LogP contribution in [0.1, 0.15) is 25.7 Å². The summed E-state index contributed by atoms with van der Waals surface area (Å²) >= 11 is 12.2. The first kappa shape index (κ1) is 17.5. The van der Waals surface area contributed by atoms with E-state index in [1.165, 1.54) is 0 Å². The van der Waals surface area contributed by atoms with E-state index in [1.807, 2.05) is 4.90 Å². The van der Waals surface area contributed by atoms with Crippen LogP contribution in [-0.4, -0.2) is 42.5 Å². The molecule has 24 heavy (non-hydrogen) atoms. The molecule has 2 fully saturated rings. The van der Waals surface area contributed by atoms with Crippen molar-refractivity contribution in [1.29, 1.82) is 0 Å². The highest BCUT2D eigenvalue weighted by Crippen LogP contribution is 2.31. The second-order valence-corrected chi connectivity index (χ2v) is 7.00. The number of carbonyl (C=O) groups is 2. The zero-order valence-electron chi connectivity index (χ0n) is 13.3. The molecule has 1 N–H and O–H groups in total. The van der Waals surface area contributed by atoms with Gasteiger partial charge in [0.15, 0.2) is 0 Å². The number of piperidine rings is 1. The molecule has 3 rings (SSSR count). The van der Waals surface area contributed by atoms with E-state index in [9.17, 15) is 9.59 Å². The molecule has 0 radical (unpaired) electrons. The standard InChI is InChI=1S/C17H20Cl2N2O3/c18-12-3-1-4-13(19)15(12)20-16(22)11-6-8-21(9-7-11)17(23)14-5-2-10-24-14/h1,3-4,11,14H,2,5-10H2,(H,20,22). The molecule has 1 unspecified atom stereocenters. The minimum atomic E-state index is -0.294. The van der Waals surface area contributed by atoms with Gasteiger partial charge in [-0.1, -0.05) is 29.3 Å². The van der Waals surface area contributed by atoms with Gasteiger partial charge < -0.3 is 15.0 Å². The largest absolute Gasteiger partial charge is 0.368 e. The lowest BCUT2D eigenvalue weighted by atomic mass is 9.95. The van der Waals surface area contributed by atoms with Crippen LogP contribution < -0.4 is 5.32 Å². The predicted molar refractivity (Wildman–Crippen MR) is 93.4 cm³/mol. The van der Waals surface area contributed by atoms with Gasteiger partial charge in [0, 0.05) is 25.6 Å². The first-order valence-electron chi connectivity index (χ1n) is 8.21. The fourth-order valence-corrected chi connectivity index (χ4v) is 3.67. The number of amides is 2. The molecule has 7 heteroatoms. The summed E-state index contributed by atoms with van der Waals surface area (Å²) in [7, 11) is 0. The minimum Gasteiger partial charge on any atom is -0.368 e. The van der Waals surface area contributed by atoms with Crippen LogP contribution in [-0.2, 0) is 14.3 Å². The van der Waals surface area contributed by atoms with E-state index >= 15 is 0 Å². The number of likely N-dealkylation sites (tertiary alicyclic amines) is 1. The molecule has 1 aromatic carbocycles. The lowest BCUT2D eigenvalue weighted by molar-refractivity contribution is -0.143. The quantitative estimate of drug-likeness (QED) is 0.887. The van der Waals surface area contributed by atoms with Gasteiger partial charge in [0.1, 0.15) is 6.10 Å². The van der Waals surface area contributed by atoms with E-state index in [2.05, 4.69) is 5.32 Å². The molecule has 0 aromatic heterocycles. The molecule has 1 atom stereocenters. The zero-order chi connectivity index (χ0) is 17.1. The molecule has 2 amide bonds. The van der Waals surface area contributed by atoms with Crippen LogP contribution in [0.15, 0.2) is 18.2 Å². The molecule has 130 valence electrons. The molecule has 5 nitrogen and oxygen atoms in total. The molecule has 2 aliphatic heterocycles. The predicted octanol–water partition coefficient (Wildman–Crippen LogP) is 3.35. The summed E-state index contributed by atoms with van der Waals surface area (Å²) in [5.41, 5.74) is 0.448. The van der Waals surface area contributed by atoms with Crippen molar-refractivity contribution in [2.75, 3.05) is 25.0 Å². The number of anilines is 1. The van der Waals surface area contributed by atoms with Gasteiger partial charge in [-0.25, -0.2) is 0 Å². The average Bonchev–Trinajstić information content (AvgIpc) is 3.12. The average molecular weight is 371 g/mol. The first-order chi connectivity index (χ1) is 11.6. The Morgan fingerprint density at radius 1 is 1.12 bits per heavy atom. The molecule has 2 heterocycles. The van der Waals surface area contributed by atoms with Gasteiger partial charge in [-0.15, -0.1) is 0 Å². The summed E-state index contributed by atoms with van der Waals surface area (Å²) in [6.07, 6.45) is 2.70. The fraction of sp³-hybridized carbons (Fsp3) is 0.529. The first-order valence-corrected chi connectivity index (χ1v) is 8.97. The Balaban J connectivity index is 1.54. The summed E-state index contributed by atoms with van der Waals surface area (Å²) < 4.78 is 5.45. The van der Waals surface area contributed by atoms with Crippen molar-refractivity contribution in [1.82, 2.24) is 4.90 Å². The van der Waals surface area contributed by atoms with Gasteiger partial charge in [0.25, 0.3) is 5.91 Å². The van der Waals surface area contributed by atoms with Crippen LogP contribution in [0.4, 0.5) is 5.69 Å². The Labute approximate surface area is 151 Å². The smallest absolute Gasteiger partial charge is 0.251 e. The molecule has 2 aliphatic rings. The van der Waals surface area contributed by atoms with E-state index in [0.29, 0.717) is 48.3 Å². The van der Waals surface area contributed by atoms with Crippen LogP contribution in [0.2, 0.25) is 10.0 Å². The van der Waals surface area contributed by atoms with Crippen LogP contribution in [0.5, 0.6) is 0 Å². The van der Waals surface area contributed by atoms with E-state index in [4.69, 9.17) is 27.9 Å². The molecule has 0 bridgehead atoms. The maximum Gasteiger partial charge on any atom is 0.251 e. The number of hydrogen-bond acceptors (Lipinski definition) is 3. The van der Waals surface area contributed by atoms with E-state index < -0.39 is 0 Å². The second kappa shape index (κ2) is 7.72. The summed E-state index contributed by atoms with van der Waals surface area (Å²) in [5, 5.41) is 3.65. The maximum absolute atomic E-state index is 12.4. The van der Waals surface area contributed by atoms with Crippen LogP contribution in [0, 0.1) is 5.92 Å². The Hall–Kier alpha value is -1.30. The number of nitrogens with one attached hydrogen (secondary N) is 1. The number of carbonyl (C=O) groups excluding carboxylic acids is 2. The third-order valence-corrected chi connectivity index (χ3v) is 5.22. The topological polar surface area (TPSA) is 58.6 Å². The van der Waals surface area contributed by atoms with E-state index in [-0.39, 0.29) is 23.8 Å². The Bertz CT molecular complexity index is 604. The molecule has 1 aromatic rings. The summed E-state index contributed by atoms with van der Waals surface area (Å²) in [6.45, 7) is 1.81. The molecule has 0 saturated carbocycles. The minimum absolute atomic E-state index is 0.0560. The Kier molecular flexibility index (Phi) is 5.64. The third kappa shape index (κ3) is 3.85. The molecule has 0 aliphatic carbocycles. The van der Waals surface area contributed by atoms with Crippen molar-refractivity contribution in [3.63, 3.8) is 0 Å². The maximum atomic E-state index is 12.4. The molecular formula is C17H20Cl2N2O3. The summed E-state index contributed by atoms with van der Waals surface area (Å²) in [6, 6.07) is 5.10. The van der Waals surface area contributed by atoms with Crippen LogP contribution in [0.25, 0.3) is 0 Å². The number of hydrogen-bond donors (Lipinski definition) is 1. The van der Waals surface area contributed by atoms with Crippen molar-refractivity contribution < 1.29 is 14.3 Å². The number of ether oxygens (including phenoxy) is 1. The monoisotopic (exact) mass is 370 g/mol. The van der Waals surface area contributed by atoms with Gasteiger partial charge in [-0.3, -0.25) is 9.59 Å². The molecule has 0 spiro atoms. The van der Waals surface area contributed by atoms with Crippen LogP contribution in [0.3, 0.4) is 0 Å². The highest BCUT2D eigenvalue weighted by Gasteiger charge is 2.32. The highest BCUT2D eigenvalue weighted by molar-refractivity contribution is 6.39. The zero-order valence-corrected chi connectivity index (χ0v) is 14.8. The number of halogens is 2. The summed E-state index contributed by atoms with van der Waals surface area (Å²) in [5.74, 6) is -0.194. The highest BCUT2D eigenvalue weighted by atomic mass is 35.5. The van der Waals surface area contributed by atoms with E-state index in [1.54, 1.807) is 18.2 Å². The van der Waals surface area contributed by atoms with Crippen molar-refractivity contribution in [3.05, 3.63) is 28.2 Å². The number of para-hydroxylation sites is 1. The van der Waals surface area contributed by atoms with Crippen molar-refractivity contribution >= 4 is 40.7 Å². The van der Waals surface area contributed by atoms with Crippen molar-refractivity contribution in [3.8, 4) is 0 Å². The lowest BCUT2D eigenvalue weighted by Crippen LogP contribution is -2.45. The number of rotatable bonds is 3. The van der Waals surface area contributed by atoms with Gasteiger partial charge in [0.05, 0.1) is 15.7 Å². The van der Waals surface area contributed by atoms with Crippen LogP contribution >= 0.6 is 23.2 Å².